The van der Waals surface area contributed by atoms with Gasteiger partial charge in [0.25, 0.3) is 0 Å². The molecule has 3 nitrogen and oxygen atoms in total. The quantitative estimate of drug-likeness (QED) is 0.809. The van der Waals surface area contributed by atoms with Gasteiger partial charge in [-0.15, -0.1) is 0 Å². The Labute approximate surface area is 87.9 Å². The first-order valence-corrected chi connectivity index (χ1v) is 5.37. The Morgan fingerprint density at radius 1 is 1.47 bits per heavy atom. The Bertz CT molecular complexity index is 357. The summed E-state index contributed by atoms with van der Waals surface area (Å²) >= 11 is -2.35. The first-order valence-electron chi connectivity index (χ1n) is 3.99. The monoisotopic (exact) mass is 234 g/mol. The minimum Gasteiger partial charge on any atom is -0.612 e. The molecule has 0 bridgehead atoms. The van der Waals surface area contributed by atoms with Gasteiger partial charge >= 0.3 is 11.7 Å². The maximum atomic E-state index is 12.0. The third-order valence-electron chi connectivity index (χ3n) is 1.74. The summed E-state index contributed by atoms with van der Waals surface area (Å²) in [5.41, 5.74) is 0.0649. The number of aromatic carboxylic acids is 1. The standard InChI is InChI=1S/C9H8F2O3S/c10-9(11)15(14)5-6-3-1-2-4-7(6)8(12)13/h1-4,9H,5H2,(H,12,13). The topological polar surface area (TPSA) is 60.4 Å². The molecule has 0 aliphatic carbocycles. The number of benzene rings is 1. The van der Waals surface area contributed by atoms with Crippen LogP contribution in [-0.4, -0.2) is 21.4 Å². The molecule has 1 rings (SSSR count). The molecule has 0 saturated carbocycles. The van der Waals surface area contributed by atoms with Gasteiger partial charge in [0, 0.05) is 16.7 Å². The summed E-state index contributed by atoms with van der Waals surface area (Å²) in [5, 5.41) is 8.73. The second-order valence-corrected chi connectivity index (χ2v) is 4.15. The van der Waals surface area contributed by atoms with Gasteiger partial charge in [0.05, 0.1) is 5.56 Å². The van der Waals surface area contributed by atoms with Crippen molar-refractivity contribution < 1.29 is 23.2 Å². The first kappa shape index (κ1) is 11.9. The minimum absolute atomic E-state index is 0.0912. The fraction of sp³-hybridized carbons (Fsp3) is 0.222. The second kappa shape index (κ2) is 5.09. The number of carboxylic acid groups (broad SMARTS) is 1. The molecular formula is C9H8F2O3S. The predicted molar refractivity (Wildman–Crippen MR) is 51.3 cm³/mol. The number of halogens is 2. The molecule has 0 aliphatic rings. The van der Waals surface area contributed by atoms with Crippen LogP contribution in [0.3, 0.4) is 0 Å². The third kappa shape index (κ3) is 3.17. The van der Waals surface area contributed by atoms with Crippen LogP contribution in [0, 0.1) is 0 Å². The van der Waals surface area contributed by atoms with E-state index in [0.717, 1.165) is 0 Å². The largest absolute Gasteiger partial charge is 0.612 e. The lowest BCUT2D eigenvalue weighted by Gasteiger charge is -2.10. The molecule has 82 valence electrons. The molecule has 0 saturated heterocycles. The van der Waals surface area contributed by atoms with E-state index < -0.39 is 28.7 Å². The second-order valence-electron chi connectivity index (χ2n) is 2.75. The summed E-state index contributed by atoms with van der Waals surface area (Å²) in [7, 11) is 0. The normalized spacial score (nSPS) is 12.8. The minimum atomic E-state index is -2.95. The molecule has 1 N–H and O–H groups in total. The van der Waals surface area contributed by atoms with Crippen LogP contribution in [0.4, 0.5) is 8.78 Å². The highest BCUT2D eigenvalue weighted by Crippen LogP contribution is 2.16. The highest BCUT2D eigenvalue weighted by atomic mass is 32.2. The fourth-order valence-electron chi connectivity index (χ4n) is 1.07. The van der Waals surface area contributed by atoms with E-state index >= 15 is 0 Å². The van der Waals surface area contributed by atoms with Gasteiger partial charge in [-0.1, -0.05) is 18.2 Å². The Morgan fingerprint density at radius 2 is 2.07 bits per heavy atom. The number of hydrogen-bond donors (Lipinski definition) is 1. The fourth-order valence-corrected chi connectivity index (χ4v) is 1.76. The van der Waals surface area contributed by atoms with E-state index in [-0.39, 0.29) is 11.1 Å². The molecule has 0 spiro atoms. The van der Waals surface area contributed by atoms with Crippen LogP contribution < -0.4 is 0 Å². The van der Waals surface area contributed by atoms with Crippen molar-refractivity contribution in [2.24, 2.45) is 0 Å². The van der Waals surface area contributed by atoms with Crippen LogP contribution in [0.2, 0.25) is 0 Å². The highest BCUT2D eigenvalue weighted by molar-refractivity contribution is 7.90. The molecule has 0 radical (unpaired) electrons. The number of hydrogen-bond acceptors (Lipinski definition) is 2. The molecule has 1 unspecified atom stereocenters. The van der Waals surface area contributed by atoms with Crippen LogP contribution in [-0.2, 0) is 16.9 Å². The van der Waals surface area contributed by atoms with Crippen LogP contribution >= 0.6 is 0 Å². The lowest BCUT2D eigenvalue weighted by molar-refractivity contribution is 0.0696. The van der Waals surface area contributed by atoms with Gasteiger partial charge < -0.3 is 9.66 Å². The van der Waals surface area contributed by atoms with Crippen molar-refractivity contribution in [1.82, 2.24) is 0 Å². The molecule has 0 amide bonds. The van der Waals surface area contributed by atoms with E-state index in [2.05, 4.69) is 0 Å². The molecule has 1 atom stereocenters. The Kier molecular flexibility index (Phi) is 4.05. The maximum Gasteiger partial charge on any atom is 0.397 e. The van der Waals surface area contributed by atoms with E-state index in [0.29, 0.717) is 0 Å². The molecular weight excluding hydrogens is 226 g/mol. The van der Waals surface area contributed by atoms with Gasteiger partial charge in [-0.25, -0.2) is 4.79 Å². The van der Waals surface area contributed by atoms with Gasteiger partial charge in [0.1, 0.15) is 5.75 Å². The summed E-state index contributed by atoms with van der Waals surface area (Å²) in [6.45, 7) is 0. The van der Waals surface area contributed by atoms with Crippen molar-refractivity contribution in [2.45, 2.75) is 11.5 Å². The van der Waals surface area contributed by atoms with Crippen LogP contribution in [0.15, 0.2) is 24.3 Å². The molecule has 0 fully saturated rings. The summed E-state index contributed by atoms with van der Waals surface area (Å²) in [6, 6.07) is 5.67. The van der Waals surface area contributed by atoms with E-state index in [1.807, 2.05) is 0 Å². The number of alkyl halides is 2. The average molecular weight is 234 g/mol. The highest BCUT2D eigenvalue weighted by Gasteiger charge is 2.22. The van der Waals surface area contributed by atoms with Gasteiger partial charge in [-0.3, -0.25) is 0 Å². The molecule has 1 aromatic rings. The smallest absolute Gasteiger partial charge is 0.397 e. The molecule has 0 aromatic heterocycles. The predicted octanol–water partition coefficient (Wildman–Crippen LogP) is 1.86. The zero-order valence-electron chi connectivity index (χ0n) is 7.52. The number of rotatable bonds is 4. The summed E-state index contributed by atoms with van der Waals surface area (Å²) in [4.78, 5) is 10.7. The van der Waals surface area contributed by atoms with E-state index in [9.17, 15) is 18.1 Å². The average Bonchev–Trinajstić information content (AvgIpc) is 2.18. The SMILES string of the molecule is O=C(O)c1ccccc1C[S+]([O-])C(F)F. The molecule has 0 heterocycles. The van der Waals surface area contributed by atoms with Crippen molar-refractivity contribution in [3.8, 4) is 0 Å². The first-order chi connectivity index (χ1) is 7.02. The van der Waals surface area contributed by atoms with Crippen LogP contribution in [0.5, 0.6) is 0 Å². The molecule has 15 heavy (non-hydrogen) atoms. The zero-order valence-corrected chi connectivity index (χ0v) is 8.34. The van der Waals surface area contributed by atoms with Crippen molar-refractivity contribution in [1.29, 1.82) is 0 Å². The molecule has 0 aliphatic heterocycles. The van der Waals surface area contributed by atoms with Crippen molar-refractivity contribution in [3.63, 3.8) is 0 Å². The van der Waals surface area contributed by atoms with Gasteiger partial charge in [-0.2, -0.15) is 8.78 Å². The number of carbonyl (C=O) groups is 1. The van der Waals surface area contributed by atoms with E-state index in [1.165, 1.54) is 24.3 Å². The van der Waals surface area contributed by atoms with Gasteiger partial charge in [0.15, 0.2) is 0 Å². The van der Waals surface area contributed by atoms with Crippen molar-refractivity contribution in [3.05, 3.63) is 35.4 Å². The van der Waals surface area contributed by atoms with Crippen molar-refractivity contribution >= 4 is 17.1 Å². The third-order valence-corrected chi connectivity index (χ3v) is 2.74. The number of carboxylic acids is 1. The van der Waals surface area contributed by atoms with E-state index in [1.54, 1.807) is 0 Å². The van der Waals surface area contributed by atoms with E-state index in [4.69, 9.17) is 5.11 Å². The Balaban J connectivity index is 2.89. The zero-order chi connectivity index (χ0) is 11.4. The lowest BCUT2D eigenvalue weighted by atomic mass is 10.1. The van der Waals surface area contributed by atoms with Crippen LogP contribution in [0.25, 0.3) is 0 Å². The molecule has 1 aromatic carbocycles. The molecule has 6 heteroatoms. The maximum absolute atomic E-state index is 12.0. The summed E-state index contributed by atoms with van der Waals surface area (Å²) in [6.07, 6.45) is 0. The van der Waals surface area contributed by atoms with Crippen molar-refractivity contribution in [2.75, 3.05) is 0 Å². The Hall–Kier alpha value is -1.14. The van der Waals surface area contributed by atoms with Gasteiger partial charge in [0.2, 0.25) is 0 Å². The summed E-state index contributed by atoms with van der Waals surface area (Å²) < 4.78 is 34.9. The lowest BCUT2D eigenvalue weighted by Crippen LogP contribution is -2.15. The summed E-state index contributed by atoms with van der Waals surface area (Å²) in [5.74, 6) is -4.61. The van der Waals surface area contributed by atoms with Gasteiger partial charge in [-0.05, 0) is 6.07 Å². The Morgan fingerprint density at radius 3 is 2.60 bits per heavy atom. The van der Waals surface area contributed by atoms with Crippen LogP contribution in [0.1, 0.15) is 15.9 Å².